The maximum atomic E-state index is 12.2. The molecule has 1 aromatic carbocycles. The molecule has 39 heavy (non-hydrogen) atoms. The smallest absolute Gasteiger partial charge is 0.246 e. The van der Waals surface area contributed by atoms with E-state index in [1.807, 2.05) is 37.6 Å². The van der Waals surface area contributed by atoms with Gasteiger partial charge in [0.1, 0.15) is 24.4 Å². The van der Waals surface area contributed by atoms with E-state index in [2.05, 4.69) is 29.8 Å². The summed E-state index contributed by atoms with van der Waals surface area (Å²) in [5.74, 6) is 0.781. The van der Waals surface area contributed by atoms with Gasteiger partial charge in [0.25, 0.3) is 0 Å². The van der Waals surface area contributed by atoms with Gasteiger partial charge in [-0.15, -0.1) is 0 Å². The van der Waals surface area contributed by atoms with Crippen molar-refractivity contribution in [2.45, 2.75) is 25.7 Å². The Hall–Kier alpha value is -1.80. The van der Waals surface area contributed by atoms with Crippen molar-refractivity contribution in [3.05, 3.63) is 36.4 Å². The second kappa shape index (κ2) is 24.0. The number of likely N-dealkylation sites (N-methyl/N-ethyl adjacent to an activating group) is 1. The Morgan fingerprint density at radius 3 is 2.51 bits per heavy atom. The lowest BCUT2D eigenvalue weighted by Gasteiger charge is -2.17. The van der Waals surface area contributed by atoms with Crippen molar-refractivity contribution in [3.8, 4) is 5.75 Å². The molecule has 0 heterocycles. The van der Waals surface area contributed by atoms with Crippen LogP contribution in [0.3, 0.4) is 0 Å². The Bertz CT molecular complexity index is 815. The van der Waals surface area contributed by atoms with Crippen LogP contribution in [-0.4, -0.2) is 96.5 Å². The topological polar surface area (TPSA) is 116 Å². The Labute approximate surface area is 241 Å². The van der Waals surface area contributed by atoms with Gasteiger partial charge >= 0.3 is 0 Å². The number of anilines is 1. The van der Waals surface area contributed by atoms with E-state index in [0.717, 1.165) is 6.54 Å². The molecular weight excluding hydrogens is 542 g/mol. The summed E-state index contributed by atoms with van der Waals surface area (Å²) < 4.78 is 28.0. The molecule has 1 unspecified atom stereocenters. The van der Waals surface area contributed by atoms with Crippen LogP contribution < -0.4 is 20.7 Å². The summed E-state index contributed by atoms with van der Waals surface area (Å²) in [6.07, 6.45) is 6.19. The highest BCUT2D eigenvalue weighted by molar-refractivity contribution is 8.76. The van der Waals surface area contributed by atoms with Crippen molar-refractivity contribution in [1.82, 2.24) is 10.6 Å². The van der Waals surface area contributed by atoms with Crippen LogP contribution in [0.1, 0.15) is 20.3 Å². The Balaban J connectivity index is 2.26. The first-order chi connectivity index (χ1) is 18.9. The lowest BCUT2D eigenvalue weighted by atomic mass is 10.2. The van der Waals surface area contributed by atoms with Crippen LogP contribution in [0, 0.1) is 5.92 Å². The van der Waals surface area contributed by atoms with E-state index >= 15 is 0 Å². The van der Waals surface area contributed by atoms with Crippen molar-refractivity contribution >= 4 is 39.1 Å². The molecular formula is C27H45N3O7S2. The van der Waals surface area contributed by atoms with Gasteiger partial charge in [-0.25, -0.2) is 0 Å². The molecule has 0 saturated carbocycles. The fourth-order valence-corrected chi connectivity index (χ4v) is 4.36. The van der Waals surface area contributed by atoms with E-state index in [1.54, 1.807) is 33.7 Å². The maximum Gasteiger partial charge on any atom is 0.246 e. The minimum Gasteiger partial charge on any atom is -0.490 e. The number of hydrogen-bond acceptors (Lipinski definition) is 10. The normalized spacial score (nSPS) is 12.1. The molecule has 1 aromatic rings. The van der Waals surface area contributed by atoms with Gasteiger partial charge < -0.3 is 39.6 Å². The minimum absolute atomic E-state index is 0.00820. The number of benzene rings is 1. The van der Waals surface area contributed by atoms with Crippen molar-refractivity contribution in [2.75, 3.05) is 84.6 Å². The molecule has 0 aromatic heterocycles. The first-order valence-corrected chi connectivity index (χ1v) is 15.7. The number of ether oxygens (including phenoxy) is 5. The van der Waals surface area contributed by atoms with Crippen LogP contribution in [0.2, 0.25) is 0 Å². The third kappa shape index (κ3) is 20.7. The van der Waals surface area contributed by atoms with Crippen LogP contribution >= 0.6 is 21.6 Å². The Morgan fingerprint density at radius 1 is 1.00 bits per heavy atom. The fourth-order valence-electron chi connectivity index (χ4n) is 2.89. The number of carbonyl (C=O) groups is 2. The summed E-state index contributed by atoms with van der Waals surface area (Å²) in [5.41, 5.74) is 0.422. The number of carbonyl (C=O) groups excluding carboxylic acids is 2. The van der Waals surface area contributed by atoms with Gasteiger partial charge in [0.05, 0.1) is 46.1 Å². The van der Waals surface area contributed by atoms with Gasteiger partial charge in [-0.2, -0.15) is 0 Å². The predicted molar refractivity (Wildman–Crippen MR) is 159 cm³/mol. The Morgan fingerprint density at radius 2 is 1.77 bits per heavy atom. The molecule has 0 fully saturated rings. The number of allylic oxidation sites excluding steroid dienone is 1. The zero-order valence-corrected chi connectivity index (χ0v) is 25.2. The van der Waals surface area contributed by atoms with Crippen molar-refractivity contribution < 1.29 is 33.3 Å². The third-order valence-corrected chi connectivity index (χ3v) is 6.65. The molecule has 0 aliphatic carbocycles. The first-order valence-electron chi connectivity index (χ1n) is 13.1. The van der Waals surface area contributed by atoms with Gasteiger partial charge in [0.2, 0.25) is 11.8 Å². The van der Waals surface area contributed by atoms with Gasteiger partial charge in [-0.05, 0) is 31.4 Å². The average molecular weight is 588 g/mol. The monoisotopic (exact) mass is 587 g/mol. The lowest BCUT2D eigenvalue weighted by Crippen LogP contribution is -2.28. The van der Waals surface area contributed by atoms with Gasteiger partial charge in [0.15, 0.2) is 0 Å². The number of amides is 2. The summed E-state index contributed by atoms with van der Waals surface area (Å²) in [5, 5.41) is 8.64. The molecule has 0 aliphatic heterocycles. The standard InChI is InChI=1S/C27H45N3O7S2/c1-22(2)7-6-11-29-26(32)20-35-17-18-36-27(39-38-4)21-37-24-9-5-8-23(19-24)30-25(31)10-13-33-15-16-34-14-12-28-3/h5-9,19,22,27-28H,10-18,20-21H2,1-4H3,(H,29,32)(H,30,31)/b7-6+. The van der Waals surface area contributed by atoms with Crippen LogP contribution in [-0.2, 0) is 28.5 Å². The highest BCUT2D eigenvalue weighted by Gasteiger charge is 2.12. The molecule has 3 N–H and O–H groups in total. The van der Waals surface area contributed by atoms with Crippen LogP contribution in [0.5, 0.6) is 5.75 Å². The summed E-state index contributed by atoms with van der Waals surface area (Å²) in [6, 6.07) is 7.22. The fraction of sp³-hybridized carbons (Fsp3) is 0.630. The summed E-state index contributed by atoms with van der Waals surface area (Å²) in [7, 11) is 4.98. The highest BCUT2D eigenvalue weighted by Crippen LogP contribution is 2.26. The average Bonchev–Trinajstić information content (AvgIpc) is 2.91. The van der Waals surface area contributed by atoms with E-state index in [1.165, 1.54) is 0 Å². The van der Waals surface area contributed by atoms with Gasteiger partial charge in [0, 0.05) is 24.8 Å². The molecule has 12 heteroatoms. The largest absolute Gasteiger partial charge is 0.490 e. The third-order valence-electron chi connectivity index (χ3n) is 4.75. The zero-order valence-electron chi connectivity index (χ0n) is 23.6. The summed E-state index contributed by atoms with van der Waals surface area (Å²) in [4.78, 5) is 24.0. The number of nitrogens with one attached hydrogen (secondary N) is 3. The van der Waals surface area contributed by atoms with Gasteiger partial charge in [-0.3, -0.25) is 9.59 Å². The molecule has 0 aliphatic rings. The van der Waals surface area contributed by atoms with Crippen molar-refractivity contribution in [2.24, 2.45) is 5.92 Å². The predicted octanol–water partition coefficient (Wildman–Crippen LogP) is 3.35. The summed E-state index contributed by atoms with van der Waals surface area (Å²) in [6.45, 7) is 8.31. The van der Waals surface area contributed by atoms with Crippen LogP contribution in [0.4, 0.5) is 5.69 Å². The van der Waals surface area contributed by atoms with E-state index in [4.69, 9.17) is 23.7 Å². The molecule has 0 radical (unpaired) electrons. The zero-order chi connectivity index (χ0) is 28.6. The molecule has 0 saturated heterocycles. The molecule has 0 bridgehead atoms. The van der Waals surface area contributed by atoms with E-state index < -0.39 is 0 Å². The molecule has 222 valence electrons. The minimum atomic E-state index is -0.226. The van der Waals surface area contributed by atoms with Crippen LogP contribution in [0.15, 0.2) is 36.4 Å². The highest BCUT2D eigenvalue weighted by atomic mass is 33.1. The van der Waals surface area contributed by atoms with Gasteiger partial charge in [-0.1, -0.05) is 53.7 Å². The molecule has 2 amide bonds. The molecule has 1 atom stereocenters. The molecule has 1 rings (SSSR count). The number of rotatable bonds is 24. The summed E-state index contributed by atoms with van der Waals surface area (Å²) >= 11 is 0. The lowest BCUT2D eigenvalue weighted by molar-refractivity contribution is -0.126. The second-order valence-corrected chi connectivity index (χ2v) is 11.2. The maximum absolute atomic E-state index is 12.2. The number of hydrogen-bond donors (Lipinski definition) is 3. The van der Waals surface area contributed by atoms with E-state index in [9.17, 15) is 9.59 Å². The molecule has 0 spiro atoms. The van der Waals surface area contributed by atoms with Crippen molar-refractivity contribution in [3.63, 3.8) is 0 Å². The Kier molecular flexibility index (Phi) is 21.7. The SMILES string of the molecule is CNCCOCCOCCC(=O)Nc1cccc(OCC(OCCOCC(=O)NC/C=C/C(C)C)SSC)c1. The molecule has 10 nitrogen and oxygen atoms in total. The van der Waals surface area contributed by atoms with E-state index in [-0.39, 0.29) is 30.3 Å². The van der Waals surface area contributed by atoms with Crippen molar-refractivity contribution in [1.29, 1.82) is 0 Å². The van der Waals surface area contributed by atoms with Crippen LogP contribution in [0.25, 0.3) is 0 Å². The van der Waals surface area contributed by atoms with E-state index in [0.29, 0.717) is 70.1 Å². The first kappa shape index (κ1) is 35.2. The second-order valence-electron chi connectivity index (χ2n) is 8.56. The quantitative estimate of drug-likeness (QED) is 0.0720.